The van der Waals surface area contributed by atoms with Crippen molar-refractivity contribution in [2.75, 3.05) is 39.5 Å². The number of nitrogens with one attached hydrogen (secondary N) is 1. The Morgan fingerprint density at radius 2 is 1.74 bits per heavy atom. The third-order valence-corrected chi connectivity index (χ3v) is 6.22. The van der Waals surface area contributed by atoms with Gasteiger partial charge in [0.25, 0.3) is 5.91 Å². The number of aromatic nitrogens is 3. The summed E-state index contributed by atoms with van der Waals surface area (Å²) in [4.78, 5) is 20.9. The molecule has 0 saturated carbocycles. The number of anilines is 1. The normalized spacial score (nSPS) is 11.2. The maximum Gasteiger partial charge on any atom is 0.253 e. The molecule has 2 heterocycles. The van der Waals surface area contributed by atoms with Gasteiger partial charge in [-0.2, -0.15) is 0 Å². The smallest absolute Gasteiger partial charge is 0.253 e. The van der Waals surface area contributed by atoms with Crippen molar-refractivity contribution in [2.24, 2.45) is 0 Å². The molecule has 0 aliphatic rings. The van der Waals surface area contributed by atoms with Gasteiger partial charge in [-0.15, -0.1) is 5.10 Å². The summed E-state index contributed by atoms with van der Waals surface area (Å²) in [6.07, 6.45) is 1.78. The van der Waals surface area contributed by atoms with Gasteiger partial charge in [0, 0.05) is 37.8 Å². The van der Waals surface area contributed by atoms with Crippen LogP contribution in [0.3, 0.4) is 0 Å². The molecule has 2 aromatic heterocycles. The fourth-order valence-corrected chi connectivity index (χ4v) is 3.78. The first-order chi connectivity index (χ1) is 16.3. The number of hydrogen-bond donors (Lipinski definition) is 1. The van der Waals surface area contributed by atoms with E-state index >= 15 is 0 Å². The van der Waals surface area contributed by atoms with Gasteiger partial charge in [-0.3, -0.25) is 4.79 Å². The molecule has 0 aliphatic carbocycles. The number of fused-ring (bicyclic) bond motifs is 1. The Balaban J connectivity index is 1.50. The predicted molar refractivity (Wildman–Crippen MR) is 138 cm³/mol. The van der Waals surface area contributed by atoms with E-state index in [0.29, 0.717) is 34.5 Å². The van der Waals surface area contributed by atoms with Crippen LogP contribution in [0.5, 0.6) is 0 Å². The number of hydrogen-bond acceptors (Lipinski definition) is 5. The van der Waals surface area contributed by atoms with Gasteiger partial charge in [-0.25, -0.2) is 9.50 Å². The van der Waals surface area contributed by atoms with Crippen LogP contribution in [0.1, 0.15) is 15.9 Å². The van der Waals surface area contributed by atoms with E-state index in [9.17, 15) is 4.79 Å². The predicted octanol–water partition coefficient (Wildman–Crippen LogP) is 4.95. The Labute approximate surface area is 208 Å². The number of halogens is 2. The van der Waals surface area contributed by atoms with Crippen LogP contribution >= 0.6 is 23.2 Å². The Kier molecular flexibility index (Phi) is 7.36. The summed E-state index contributed by atoms with van der Waals surface area (Å²) in [5.41, 5.74) is 4.15. The minimum atomic E-state index is -0.00143. The van der Waals surface area contributed by atoms with Gasteiger partial charge in [0.15, 0.2) is 5.65 Å². The largest absolute Gasteiger partial charge is 0.365 e. The van der Waals surface area contributed by atoms with E-state index in [1.54, 1.807) is 21.7 Å². The fourth-order valence-electron chi connectivity index (χ4n) is 3.46. The Hall–Kier alpha value is -3.13. The highest BCUT2D eigenvalue weighted by atomic mass is 35.5. The summed E-state index contributed by atoms with van der Waals surface area (Å²) in [5.74, 6) is 0.700. The van der Waals surface area contributed by atoms with Crippen LogP contribution in [-0.4, -0.2) is 64.5 Å². The van der Waals surface area contributed by atoms with Crippen molar-refractivity contribution in [3.05, 3.63) is 82.0 Å². The Bertz CT molecular complexity index is 1300. The maximum absolute atomic E-state index is 12.7. The van der Waals surface area contributed by atoms with Crippen LogP contribution in [0.4, 0.5) is 5.82 Å². The van der Waals surface area contributed by atoms with Crippen LogP contribution in [0.2, 0.25) is 10.0 Å². The molecule has 9 heteroatoms. The third-order valence-electron chi connectivity index (χ3n) is 5.48. The highest BCUT2D eigenvalue weighted by Gasteiger charge is 2.13. The lowest BCUT2D eigenvalue weighted by Gasteiger charge is -2.19. The van der Waals surface area contributed by atoms with Crippen molar-refractivity contribution in [3.8, 4) is 11.3 Å². The Morgan fingerprint density at radius 3 is 2.44 bits per heavy atom. The SMILES string of the molecule is CN(C)CCN(C)C(=O)c1ccc(-c2cnc3ccc(NCc4ccc(Cl)c(Cl)c4)nn23)cc1. The molecule has 0 spiro atoms. The average molecular weight is 497 g/mol. The molecule has 176 valence electrons. The molecule has 34 heavy (non-hydrogen) atoms. The first kappa shape index (κ1) is 24.0. The summed E-state index contributed by atoms with van der Waals surface area (Å²) < 4.78 is 1.79. The maximum atomic E-state index is 12.7. The van der Waals surface area contributed by atoms with E-state index in [2.05, 4.69) is 15.2 Å². The second kappa shape index (κ2) is 10.4. The topological polar surface area (TPSA) is 65.8 Å². The first-order valence-electron chi connectivity index (χ1n) is 10.8. The molecule has 0 radical (unpaired) electrons. The zero-order valence-electron chi connectivity index (χ0n) is 19.3. The minimum absolute atomic E-state index is 0.00143. The third kappa shape index (κ3) is 5.50. The van der Waals surface area contributed by atoms with Crippen molar-refractivity contribution in [1.82, 2.24) is 24.4 Å². The number of nitrogens with zero attached hydrogens (tertiary/aromatic N) is 5. The van der Waals surface area contributed by atoms with Gasteiger partial charge in [0.05, 0.1) is 21.9 Å². The van der Waals surface area contributed by atoms with Crippen LogP contribution in [0.25, 0.3) is 16.9 Å². The lowest BCUT2D eigenvalue weighted by atomic mass is 10.1. The van der Waals surface area contributed by atoms with Crippen LogP contribution in [-0.2, 0) is 6.54 Å². The van der Waals surface area contributed by atoms with Gasteiger partial charge in [-0.1, -0.05) is 41.4 Å². The quantitative estimate of drug-likeness (QED) is 0.373. The molecule has 1 amide bonds. The second-order valence-corrected chi connectivity index (χ2v) is 9.16. The molecule has 0 bridgehead atoms. The molecule has 0 atom stereocenters. The number of imidazole rings is 1. The summed E-state index contributed by atoms with van der Waals surface area (Å²) >= 11 is 12.1. The van der Waals surface area contributed by atoms with Crippen molar-refractivity contribution >= 4 is 40.6 Å². The van der Waals surface area contributed by atoms with Gasteiger partial charge < -0.3 is 15.1 Å². The van der Waals surface area contributed by atoms with Gasteiger partial charge in [-0.05, 0) is 56.1 Å². The summed E-state index contributed by atoms with van der Waals surface area (Å²) in [6.45, 7) is 2.04. The number of rotatable bonds is 8. The summed E-state index contributed by atoms with van der Waals surface area (Å²) in [6, 6.07) is 16.9. The number of likely N-dealkylation sites (N-methyl/N-ethyl adjacent to an activating group) is 2. The van der Waals surface area contributed by atoms with Gasteiger partial charge in [0.2, 0.25) is 0 Å². The van der Waals surface area contributed by atoms with Crippen LogP contribution < -0.4 is 5.32 Å². The molecule has 1 N–H and O–H groups in total. The number of carbonyl (C=O) groups excluding carboxylic acids is 1. The molecule has 0 saturated heterocycles. The number of benzene rings is 2. The average Bonchev–Trinajstić information content (AvgIpc) is 3.26. The van der Waals surface area contributed by atoms with E-state index < -0.39 is 0 Å². The molecule has 0 unspecified atom stereocenters. The molecular formula is C25H26Cl2N6O. The van der Waals surface area contributed by atoms with Crippen molar-refractivity contribution in [3.63, 3.8) is 0 Å². The van der Waals surface area contributed by atoms with Gasteiger partial charge in [0.1, 0.15) is 5.82 Å². The van der Waals surface area contributed by atoms with Crippen LogP contribution in [0, 0.1) is 0 Å². The summed E-state index contributed by atoms with van der Waals surface area (Å²) in [5, 5.41) is 9.06. The molecule has 2 aromatic carbocycles. The second-order valence-electron chi connectivity index (χ2n) is 8.34. The van der Waals surface area contributed by atoms with Crippen molar-refractivity contribution in [1.29, 1.82) is 0 Å². The van der Waals surface area contributed by atoms with E-state index in [4.69, 9.17) is 28.3 Å². The van der Waals surface area contributed by atoms with E-state index in [1.807, 2.05) is 69.7 Å². The first-order valence-corrected chi connectivity index (χ1v) is 11.6. The molecule has 7 nitrogen and oxygen atoms in total. The van der Waals surface area contributed by atoms with Gasteiger partial charge >= 0.3 is 0 Å². The van der Waals surface area contributed by atoms with E-state index in [0.717, 1.165) is 29.0 Å². The number of carbonyl (C=O) groups is 1. The Morgan fingerprint density at radius 1 is 0.971 bits per heavy atom. The van der Waals surface area contributed by atoms with Crippen LogP contribution in [0.15, 0.2) is 60.8 Å². The zero-order chi connectivity index (χ0) is 24.2. The summed E-state index contributed by atoms with van der Waals surface area (Å²) in [7, 11) is 5.80. The lowest BCUT2D eigenvalue weighted by molar-refractivity contribution is 0.0786. The standard InChI is InChI=1S/C25H26Cl2N6O/c1-31(2)12-13-32(3)25(34)19-7-5-18(6-8-19)22-16-29-24-11-10-23(30-33(22)24)28-15-17-4-9-20(26)21(27)14-17/h4-11,14,16H,12-13,15H2,1-3H3,(H,28,30). The van der Waals surface area contributed by atoms with Crippen molar-refractivity contribution < 1.29 is 4.79 Å². The monoisotopic (exact) mass is 496 g/mol. The molecular weight excluding hydrogens is 471 g/mol. The molecule has 0 fully saturated rings. The molecule has 4 rings (SSSR count). The highest BCUT2D eigenvalue weighted by molar-refractivity contribution is 6.42. The van der Waals surface area contributed by atoms with E-state index in [-0.39, 0.29) is 5.91 Å². The minimum Gasteiger partial charge on any atom is -0.365 e. The molecule has 0 aliphatic heterocycles. The zero-order valence-corrected chi connectivity index (χ0v) is 20.8. The van der Waals surface area contributed by atoms with Crippen molar-refractivity contribution in [2.45, 2.75) is 6.54 Å². The number of amides is 1. The highest BCUT2D eigenvalue weighted by Crippen LogP contribution is 2.24. The lowest BCUT2D eigenvalue weighted by Crippen LogP contribution is -2.33. The molecule has 4 aromatic rings. The van der Waals surface area contributed by atoms with E-state index in [1.165, 1.54) is 0 Å². The fraction of sp³-hybridized carbons (Fsp3) is 0.240.